The third-order valence-corrected chi connectivity index (χ3v) is 3.13. The summed E-state index contributed by atoms with van der Waals surface area (Å²) >= 11 is 6.00. The molecule has 18 heavy (non-hydrogen) atoms. The van der Waals surface area contributed by atoms with Crippen LogP contribution in [-0.4, -0.2) is 30.5 Å². The number of amides is 1. The molecule has 0 saturated carbocycles. The molecule has 1 aromatic rings. The van der Waals surface area contributed by atoms with Gasteiger partial charge in [0.25, 0.3) is 5.91 Å². The largest absolute Gasteiger partial charge is 0.484 e. The van der Waals surface area contributed by atoms with Crippen LogP contribution in [0.1, 0.15) is 19.4 Å². The lowest BCUT2D eigenvalue weighted by atomic mass is 10.2. The van der Waals surface area contributed by atoms with Crippen molar-refractivity contribution in [2.45, 2.75) is 26.4 Å². The first-order valence-corrected chi connectivity index (χ1v) is 6.20. The van der Waals surface area contributed by atoms with E-state index in [0.717, 1.165) is 5.56 Å². The Morgan fingerprint density at radius 3 is 2.67 bits per heavy atom. The molecule has 0 saturated heterocycles. The summed E-state index contributed by atoms with van der Waals surface area (Å²) < 4.78 is 5.40. The van der Waals surface area contributed by atoms with Crippen molar-refractivity contribution in [3.8, 4) is 5.75 Å². The molecule has 1 rings (SSSR count). The van der Waals surface area contributed by atoms with Gasteiger partial charge in [0.15, 0.2) is 6.61 Å². The van der Waals surface area contributed by atoms with Gasteiger partial charge < -0.3 is 15.4 Å². The van der Waals surface area contributed by atoms with Gasteiger partial charge in [-0.3, -0.25) is 4.79 Å². The Morgan fingerprint density at radius 2 is 2.17 bits per heavy atom. The fourth-order valence-electron chi connectivity index (χ4n) is 1.32. The number of hydrogen-bond donors (Lipinski definition) is 1. The van der Waals surface area contributed by atoms with Gasteiger partial charge in [-0.1, -0.05) is 17.7 Å². The highest BCUT2D eigenvalue weighted by molar-refractivity contribution is 6.31. The minimum atomic E-state index is -0.0657. The standard InChI is InChI=1S/C13H19ClN2O2/c1-9(2)16(3)13(17)8-18-11-5-4-10(7-15)12(14)6-11/h4-6,9H,7-8,15H2,1-3H3. The topological polar surface area (TPSA) is 55.6 Å². The van der Waals surface area contributed by atoms with E-state index in [9.17, 15) is 4.79 Å². The minimum Gasteiger partial charge on any atom is -0.484 e. The number of carbonyl (C=O) groups excluding carboxylic acids is 1. The summed E-state index contributed by atoms with van der Waals surface area (Å²) in [5, 5.41) is 0.555. The van der Waals surface area contributed by atoms with Crippen molar-refractivity contribution in [2.75, 3.05) is 13.7 Å². The van der Waals surface area contributed by atoms with Crippen molar-refractivity contribution >= 4 is 17.5 Å². The molecule has 0 heterocycles. The number of halogens is 1. The van der Waals surface area contributed by atoms with E-state index in [-0.39, 0.29) is 18.6 Å². The summed E-state index contributed by atoms with van der Waals surface area (Å²) in [6.45, 7) is 4.29. The molecule has 0 aliphatic carbocycles. The average molecular weight is 271 g/mol. The first-order chi connectivity index (χ1) is 8.45. The van der Waals surface area contributed by atoms with Crippen LogP contribution in [0.3, 0.4) is 0 Å². The van der Waals surface area contributed by atoms with Crippen molar-refractivity contribution in [1.29, 1.82) is 0 Å². The summed E-state index contributed by atoms with van der Waals surface area (Å²) in [7, 11) is 1.75. The minimum absolute atomic E-state index is 0.00693. The van der Waals surface area contributed by atoms with Crippen LogP contribution in [0, 0.1) is 0 Å². The second-order valence-electron chi connectivity index (χ2n) is 4.34. The quantitative estimate of drug-likeness (QED) is 0.891. The van der Waals surface area contributed by atoms with Gasteiger partial charge in [0.1, 0.15) is 5.75 Å². The molecule has 2 N–H and O–H groups in total. The summed E-state index contributed by atoms with van der Waals surface area (Å²) in [5.74, 6) is 0.506. The molecule has 1 aromatic carbocycles. The maximum Gasteiger partial charge on any atom is 0.260 e. The van der Waals surface area contributed by atoms with Gasteiger partial charge in [0.05, 0.1) is 0 Å². The van der Waals surface area contributed by atoms with E-state index in [1.54, 1.807) is 30.1 Å². The molecule has 4 nitrogen and oxygen atoms in total. The van der Waals surface area contributed by atoms with Crippen molar-refractivity contribution in [3.05, 3.63) is 28.8 Å². The van der Waals surface area contributed by atoms with Gasteiger partial charge >= 0.3 is 0 Å². The van der Waals surface area contributed by atoms with E-state index in [4.69, 9.17) is 22.1 Å². The average Bonchev–Trinajstić information content (AvgIpc) is 2.35. The number of nitrogens with two attached hydrogens (primary N) is 1. The third kappa shape index (κ3) is 3.89. The van der Waals surface area contributed by atoms with Crippen LogP contribution in [-0.2, 0) is 11.3 Å². The Labute approximate surface area is 113 Å². The fraction of sp³-hybridized carbons (Fsp3) is 0.462. The van der Waals surface area contributed by atoms with E-state index in [0.29, 0.717) is 17.3 Å². The van der Waals surface area contributed by atoms with E-state index in [1.807, 2.05) is 13.8 Å². The molecule has 0 bridgehead atoms. The molecule has 0 aliphatic heterocycles. The maximum atomic E-state index is 11.7. The van der Waals surface area contributed by atoms with Crippen LogP contribution in [0.15, 0.2) is 18.2 Å². The summed E-state index contributed by atoms with van der Waals surface area (Å²) in [6, 6.07) is 5.39. The van der Waals surface area contributed by atoms with Gasteiger partial charge in [-0.25, -0.2) is 0 Å². The van der Waals surface area contributed by atoms with Gasteiger partial charge in [0, 0.05) is 24.7 Å². The van der Waals surface area contributed by atoms with Crippen molar-refractivity contribution < 1.29 is 9.53 Å². The second-order valence-corrected chi connectivity index (χ2v) is 4.75. The highest BCUT2D eigenvalue weighted by Gasteiger charge is 2.12. The Kier molecular flexibility index (Phi) is 5.44. The van der Waals surface area contributed by atoms with Crippen LogP contribution >= 0.6 is 11.6 Å². The normalized spacial score (nSPS) is 10.6. The first kappa shape index (κ1) is 14.8. The number of hydrogen-bond acceptors (Lipinski definition) is 3. The van der Waals surface area contributed by atoms with Gasteiger partial charge in [0.2, 0.25) is 0 Å². The number of benzene rings is 1. The molecule has 0 unspecified atom stereocenters. The molecule has 0 aliphatic rings. The monoisotopic (exact) mass is 270 g/mol. The first-order valence-electron chi connectivity index (χ1n) is 5.82. The molecule has 0 radical (unpaired) electrons. The van der Waals surface area contributed by atoms with Gasteiger partial charge in [-0.2, -0.15) is 0 Å². The molecule has 1 amide bonds. The van der Waals surface area contributed by atoms with Crippen LogP contribution < -0.4 is 10.5 Å². The number of likely N-dealkylation sites (N-methyl/N-ethyl adjacent to an activating group) is 1. The van der Waals surface area contributed by atoms with Crippen molar-refractivity contribution in [2.24, 2.45) is 5.73 Å². The van der Waals surface area contributed by atoms with Crippen LogP contribution in [0.25, 0.3) is 0 Å². The van der Waals surface area contributed by atoms with Gasteiger partial charge in [-0.05, 0) is 31.5 Å². The summed E-state index contributed by atoms with van der Waals surface area (Å²) in [4.78, 5) is 13.3. The number of nitrogens with zero attached hydrogens (tertiary/aromatic N) is 1. The zero-order chi connectivity index (χ0) is 13.7. The molecule has 5 heteroatoms. The molecule has 0 spiro atoms. The zero-order valence-electron chi connectivity index (χ0n) is 10.9. The summed E-state index contributed by atoms with van der Waals surface area (Å²) in [6.07, 6.45) is 0. The van der Waals surface area contributed by atoms with E-state index in [1.165, 1.54) is 0 Å². The third-order valence-electron chi connectivity index (χ3n) is 2.77. The lowest BCUT2D eigenvalue weighted by Crippen LogP contribution is -2.36. The van der Waals surface area contributed by atoms with E-state index >= 15 is 0 Å². The smallest absolute Gasteiger partial charge is 0.260 e. The van der Waals surface area contributed by atoms with Crippen LogP contribution in [0.4, 0.5) is 0 Å². The van der Waals surface area contributed by atoms with Crippen LogP contribution in [0.2, 0.25) is 5.02 Å². The predicted octanol–water partition coefficient (Wildman–Crippen LogP) is 2.04. The molecule has 0 fully saturated rings. The van der Waals surface area contributed by atoms with Crippen molar-refractivity contribution in [3.63, 3.8) is 0 Å². The Balaban J connectivity index is 2.59. The summed E-state index contributed by atoms with van der Waals surface area (Å²) in [5.41, 5.74) is 6.37. The molecule has 100 valence electrons. The van der Waals surface area contributed by atoms with Gasteiger partial charge in [-0.15, -0.1) is 0 Å². The van der Waals surface area contributed by atoms with E-state index in [2.05, 4.69) is 0 Å². The maximum absolute atomic E-state index is 11.7. The SMILES string of the molecule is CC(C)N(C)C(=O)COc1ccc(CN)c(Cl)c1. The highest BCUT2D eigenvalue weighted by Crippen LogP contribution is 2.22. The molecular formula is C13H19ClN2O2. The molecule has 0 atom stereocenters. The lowest BCUT2D eigenvalue weighted by Gasteiger charge is -2.21. The highest BCUT2D eigenvalue weighted by atomic mass is 35.5. The number of ether oxygens (including phenoxy) is 1. The molecular weight excluding hydrogens is 252 g/mol. The Morgan fingerprint density at radius 1 is 1.50 bits per heavy atom. The lowest BCUT2D eigenvalue weighted by molar-refractivity contribution is -0.133. The zero-order valence-corrected chi connectivity index (χ0v) is 11.7. The number of rotatable bonds is 5. The number of carbonyl (C=O) groups is 1. The van der Waals surface area contributed by atoms with Crippen LogP contribution in [0.5, 0.6) is 5.75 Å². The second kappa shape index (κ2) is 6.61. The Hall–Kier alpha value is -1.26. The Bertz CT molecular complexity index is 421. The van der Waals surface area contributed by atoms with E-state index < -0.39 is 0 Å². The predicted molar refractivity (Wildman–Crippen MR) is 72.7 cm³/mol. The fourth-order valence-corrected chi connectivity index (χ4v) is 1.57. The molecule has 0 aromatic heterocycles. The van der Waals surface area contributed by atoms with Crippen molar-refractivity contribution in [1.82, 2.24) is 4.90 Å².